The molecule has 0 saturated carbocycles. The predicted molar refractivity (Wildman–Crippen MR) is 104 cm³/mol. The van der Waals surface area contributed by atoms with E-state index in [1.54, 1.807) is 11.0 Å². The number of carbonyl (C=O) groups excluding carboxylic acids is 1. The lowest BCUT2D eigenvalue weighted by atomic mass is 10.2. The van der Waals surface area contributed by atoms with E-state index in [1.165, 1.54) is 25.4 Å². The third-order valence-corrected chi connectivity index (χ3v) is 6.92. The second-order valence-electron chi connectivity index (χ2n) is 6.40. The van der Waals surface area contributed by atoms with E-state index in [1.807, 2.05) is 0 Å². The van der Waals surface area contributed by atoms with E-state index in [2.05, 4.69) is 5.32 Å². The van der Waals surface area contributed by atoms with Gasteiger partial charge in [-0.3, -0.25) is 9.35 Å². The van der Waals surface area contributed by atoms with Crippen molar-refractivity contribution in [2.24, 2.45) is 0 Å². The minimum atomic E-state index is -4.36. The van der Waals surface area contributed by atoms with Gasteiger partial charge < -0.3 is 15.0 Å². The first-order chi connectivity index (χ1) is 13.6. The van der Waals surface area contributed by atoms with Crippen molar-refractivity contribution in [2.75, 3.05) is 37.1 Å². The fourth-order valence-electron chi connectivity index (χ4n) is 2.80. The molecule has 2 rings (SSSR count). The Hall–Kier alpha value is -2.46. The number of hydrogen-bond acceptors (Lipinski definition) is 8. The Kier molecular flexibility index (Phi) is 7.37. The van der Waals surface area contributed by atoms with Crippen molar-refractivity contribution in [2.45, 2.75) is 17.4 Å². The summed E-state index contributed by atoms with van der Waals surface area (Å²) in [5, 5.41) is 11.8. The number of methoxy groups -OCH3 is 1. The second-order valence-corrected chi connectivity index (χ2v) is 10.0. The Bertz CT molecular complexity index is 1030. The molecule has 29 heavy (non-hydrogen) atoms. The Morgan fingerprint density at radius 2 is 2.07 bits per heavy atom. The van der Waals surface area contributed by atoms with Crippen LogP contribution >= 0.6 is 0 Å². The highest BCUT2D eigenvalue weighted by Gasteiger charge is 2.31. The molecule has 0 radical (unpaired) electrons. The van der Waals surface area contributed by atoms with Crippen LogP contribution in [0.15, 0.2) is 40.9 Å². The standard InChI is InChI=1S/C17H21N3O7S2/c1-27-8-7-20(15-6-9-28(22,23)12-15)11-13(10-18)17(21)19-14-2-4-16(5-3-14)29(24,25)26/h2-5,11,15H,6-9,12H2,1H3,(H,19,21)(H,24,25,26)/b13-11-. The summed E-state index contributed by atoms with van der Waals surface area (Å²) in [5.41, 5.74) is -0.0281. The van der Waals surface area contributed by atoms with Crippen LogP contribution in [0.5, 0.6) is 0 Å². The molecule has 1 fully saturated rings. The minimum Gasteiger partial charge on any atom is -0.383 e. The number of nitrogens with one attached hydrogen (secondary N) is 1. The number of nitrogens with zero attached hydrogens (tertiary/aromatic N) is 2. The zero-order chi connectivity index (χ0) is 21.7. The van der Waals surface area contributed by atoms with E-state index in [0.717, 1.165) is 12.1 Å². The SMILES string of the molecule is COCCN(/C=C(/C#N)C(=O)Nc1ccc(S(=O)(=O)O)cc1)C1CCS(=O)(=O)C1. The molecule has 0 bridgehead atoms. The highest BCUT2D eigenvalue weighted by Crippen LogP contribution is 2.19. The minimum absolute atomic E-state index is 0.0448. The molecule has 1 saturated heterocycles. The lowest BCUT2D eigenvalue weighted by Gasteiger charge is -2.26. The normalized spacial score (nSPS) is 18.8. The summed E-state index contributed by atoms with van der Waals surface area (Å²) in [6.07, 6.45) is 1.70. The van der Waals surface area contributed by atoms with Gasteiger partial charge in [-0.25, -0.2) is 8.42 Å². The molecule has 1 atom stereocenters. The maximum absolute atomic E-state index is 12.4. The summed E-state index contributed by atoms with van der Waals surface area (Å²) in [6.45, 7) is 0.586. The van der Waals surface area contributed by atoms with Crippen molar-refractivity contribution >= 4 is 31.5 Å². The van der Waals surface area contributed by atoms with E-state index >= 15 is 0 Å². The highest BCUT2D eigenvalue weighted by molar-refractivity contribution is 7.91. The van der Waals surface area contributed by atoms with Crippen molar-refractivity contribution < 1.29 is 30.9 Å². The molecule has 0 aromatic heterocycles. The van der Waals surface area contributed by atoms with Crippen molar-refractivity contribution in [3.63, 3.8) is 0 Å². The maximum Gasteiger partial charge on any atom is 0.294 e. The van der Waals surface area contributed by atoms with Crippen LogP contribution in [0, 0.1) is 11.3 Å². The molecule has 1 aromatic rings. The van der Waals surface area contributed by atoms with Gasteiger partial charge in [-0.05, 0) is 30.7 Å². The number of carbonyl (C=O) groups is 1. The van der Waals surface area contributed by atoms with Gasteiger partial charge in [0.15, 0.2) is 9.84 Å². The topological polar surface area (TPSA) is 154 Å². The largest absolute Gasteiger partial charge is 0.383 e. The Labute approximate surface area is 169 Å². The van der Waals surface area contributed by atoms with Gasteiger partial charge in [-0.15, -0.1) is 0 Å². The maximum atomic E-state index is 12.4. The van der Waals surface area contributed by atoms with Gasteiger partial charge in [0.05, 0.1) is 23.0 Å². The summed E-state index contributed by atoms with van der Waals surface area (Å²) in [7, 11) is -6.03. The van der Waals surface area contributed by atoms with E-state index in [4.69, 9.17) is 9.29 Å². The third kappa shape index (κ3) is 6.53. The quantitative estimate of drug-likeness (QED) is 0.330. The summed E-state index contributed by atoms with van der Waals surface area (Å²) < 4.78 is 59.6. The molecule has 158 valence electrons. The van der Waals surface area contributed by atoms with Crippen molar-refractivity contribution in [1.29, 1.82) is 5.26 Å². The summed E-state index contributed by atoms with van der Waals surface area (Å²) in [4.78, 5) is 13.7. The fourth-order valence-corrected chi connectivity index (χ4v) is 5.02. The molecule has 10 nitrogen and oxygen atoms in total. The van der Waals surface area contributed by atoms with E-state index in [0.29, 0.717) is 13.0 Å². The molecular weight excluding hydrogens is 422 g/mol. The number of ether oxygens (including phenoxy) is 1. The van der Waals surface area contributed by atoms with Crippen LogP contribution in [0.1, 0.15) is 6.42 Å². The van der Waals surface area contributed by atoms with Gasteiger partial charge in [0.1, 0.15) is 11.6 Å². The number of amides is 1. The average molecular weight is 444 g/mol. The summed E-state index contributed by atoms with van der Waals surface area (Å²) in [5.74, 6) is -0.760. The number of benzene rings is 1. The molecule has 1 aliphatic heterocycles. The van der Waals surface area contributed by atoms with Gasteiger partial charge in [0.25, 0.3) is 16.0 Å². The lowest BCUT2D eigenvalue weighted by molar-refractivity contribution is -0.112. The molecule has 2 N–H and O–H groups in total. The predicted octanol–water partition coefficient (Wildman–Crippen LogP) is 0.415. The van der Waals surface area contributed by atoms with Crippen molar-refractivity contribution in [3.8, 4) is 6.07 Å². The number of anilines is 1. The number of nitriles is 1. The monoisotopic (exact) mass is 443 g/mol. The molecule has 1 aromatic carbocycles. The van der Waals surface area contributed by atoms with Crippen LogP contribution in [0.4, 0.5) is 5.69 Å². The van der Waals surface area contributed by atoms with Crippen LogP contribution in [-0.4, -0.2) is 70.0 Å². The van der Waals surface area contributed by atoms with Gasteiger partial charge >= 0.3 is 0 Å². The molecule has 0 spiro atoms. The fraction of sp³-hybridized carbons (Fsp3) is 0.412. The van der Waals surface area contributed by atoms with Gasteiger partial charge in [-0.2, -0.15) is 13.7 Å². The first-order valence-electron chi connectivity index (χ1n) is 8.51. The molecular formula is C17H21N3O7S2. The molecule has 1 unspecified atom stereocenters. The molecule has 1 heterocycles. The summed E-state index contributed by atoms with van der Waals surface area (Å²) >= 11 is 0. The van der Waals surface area contributed by atoms with Gasteiger partial charge in [0.2, 0.25) is 0 Å². The van der Waals surface area contributed by atoms with E-state index in [9.17, 15) is 26.9 Å². The van der Waals surface area contributed by atoms with Crippen molar-refractivity contribution in [3.05, 3.63) is 36.0 Å². The van der Waals surface area contributed by atoms with Crippen LogP contribution in [-0.2, 0) is 29.5 Å². The average Bonchev–Trinajstić information content (AvgIpc) is 3.01. The van der Waals surface area contributed by atoms with Crippen molar-refractivity contribution in [1.82, 2.24) is 4.90 Å². The zero-order valence-electron chi connectivity index (χ0n) is 15.6. The first kappa shape index (κ1) is 22.8. The molecule has 1 amide bonds. The zero-order valence-corrected chi connectivity index (χ0v) is 17.2. The Morgan fingerprint density at radius 1 is 1.41 bits per heavy atom. The Balaban J connectivity index is 2.18. The summed E-state index contributed by atoms with van der Waals surface area (Å²) in [6, 6.07) is 6.17. The van der Waals surface area contributed by atoms with Crippen LogP contribution in [0.25, 0.3) is 0 Å². The number of hydrogen-bond donors (Lipinski definition) is 2. The number of sulfone groups is 1. The van der Waals surface area contributed by atoms with Crippen LogP contribution in [0.2, 0.25) is 0 Å². The Morgan fingerprint density at radius 3 is 2.55 bits per heavy atom. The van der Waals surface area contributed by atoms with Crippen LogP contribution in [0.3, 0.4) is 0 Å². The van der Waals surface area contributed by atoms with Crippen LogP contribution < -0.4 is 5.32 Å². The first-order valence-corrected chi connectivity index (χ1v) is 11.8. The molecule has 0 aliphatic carbocycles. The third-order valence-electron chi connectivity index (χ3n) is 4.30. The highest BCUT2D eigenvalue weighted by atomic mass is 32.2. The lowest BCUT2D eigenvalue weighted by Crippen LogP contribution is -2.35. The van der Waals surface area contributed by atoms with Gasteiger partial charge in [-0.1, -0.05) is 0 Å². The second kappa shape index (κ2) is 9.36. The smallest absolute Gasteiger partial charge is 0.294 e. The van der Waals surface area contributed by atoms with E-state index < -0.39 is 25.9 Å². The molecule has 12 heteroatoms. The molecule has 1 aliphatic rings. The number of rotatable bonds is 8. The van der Waals surface area contributed by atoms with Gasteiger partial charge in [0, 0.05) is 31.6 Å². The van der Waals surface area contributed by atoms with E-state index in [-0.39, 0.29) is 40.3 Å².